The van der Waals surface area contributed by atoms with Gasteiger partial charge in [0, 0.05) is 9.79 Å². The van der Waals surface area contributed by atoms with Gasteiger partial charge in [-0.3, -0.25) is 0 Å². The third-order valence-electron chi connectivity index (χ3n) is 3.44. The smallest absolute Gasteiger partial charge is 0.199 e. The molecule has 31 heavy (non-hydrogen) atoms. The minimum absolute atomic E-state index is 0.125. The van der Waals surface area contributed by atoms with Crippen LogP contribution in [-0.4, -0.2) is 0 Å². The number of alkyl halides is 12. The molecule has 0 aliphatic carbocycles. The van der Waals surface area contributed by atoms with Crippen molar-refractivity contribution in [2.45, 2.75) is 34.5 Å². The van der Waals surface area contributed by atoms with Crippen molar-refractivity contribution in [2.75, 3.05) is 0 Å². The Morgan fingerprint density at radius 2 is 0.645 bits per heavy atom. The first kappa shape index (κ1) is 25.5. The number of halogens is 12. The summed E-state index contributed by atoms with van der Waals surface area (Å²) in [5, 5.41) is 0. The van der Waals surface area contributed by atoms with Gasteiger partial charge in [0.1, 0.15) is 0 Å². The van der Waals surface area contributed by atoms with Crippen LogP contribution >= 0.6 is 23.9 Å². The lowest BCUT2D eigenvalue weighted by atomic mass is 10.1. The van der Waals surface area contributed by atoms with E-state index in [1.54, 1.807) is 0 Å². The Morgan fingerprint density at radius 1 is 0.419 bits per heavy atom. The Labute approximate surface area is 174 Å². The van der Waals surface area contributed by atoms with E-state index in [0.29, 0.717) is 24.3 Å². The number of nitrogens with one attached hydrogen (secondary N) is 1. The highest BCUT2D eigenvalue weighted by molar-refractivity contribution is 8.12. The number of hydrogen-bond acceptors (Lipinski definition) is 3. The molecule has 0 amide bonds. The van der Waals surface area contributed by atoms with Crippen molar-refractivity contribution < 1.29 is 52.7 Å². The molecule has 0 spiro atoms. The minimum Gasteiger partial charge on any atom is -0.199 e. The van der Waals surface area contributed by atoms with Crippen LogP contribution in [0.1, 0.15) is 22.3 Å². The van der Waals surface area contributed by atoms with Crippen LogP contribution in [0.2, 0.25) is 0 Å². The minimum atomic E-state index is -5.12. The van der Waals surface area contributed by atoms with Gasteiger partial charge in [0.25, 0.3) is 0 Å². The SMILES string of the molecule is FC(F)(F)c1cc(SNSc2cc(C(F)(F)F)cc(C(F)(F)F)c2)cc(C(F)(F)F)c1. The predicted octanol–water partition coefficient (Wildman–Crippen LogP) is 8.07. The lowest BCUT2D eigenvalue weighted by Gasteiger charge is -2.15. The Hall–Kier alpha value is -1.74. The summed E-state index contributed by atoms with van der Waals surface area (Å²) < 4.78 is 156. The van der Waals surface area contributed by atoms with Crippen molar-refractivity contribution in [1.29, 1.82) is 0 Å². The van der Waals surface area contributed by atoms with Crippen LogP contribution in [0.25, 0.3) is 0 Å². The van der Waals surface area contributed by atoms with Gasteiger partial charge < -0.3 is 0 Å². The Morgan fingerprint density at radius 3 is 0.839 bits per heavy atom. The molecule has 0 fully saturated rings. The van der Waals surface area contributed by atoms with Crippen LogP contribution < -0.4 is 4.13 Å². The van der Waals surface area contributed by atoms with E-state index in [0.717, 1.165) is 0 Å². The van der Waals surface area contributed by atoms with E-state index < -0.39 is 56.7 Å². The third-order valence-corrected chi connectivity index (χ3v) is 5.05. The zero-order valence-electron chi connectivity index (χ0n) is 14.3. The van der Waals surface area contributed by atoms with E-state index >= 15 is 0 Å². The first-order chi connectivity index (χ1) is 13.9. The molecule has 1 nitrogen and oxygen atoms in total. The van der Waals surface area contributed by atoms with Gasteiger partial charge >= 0.3 is 24.7 Å². The molecule has 2 aromatic rings. The van der Waals surface area contributed by atoms with Crippen LogP contribution in [0.4, 0.5) is 52.7 Å². The van der Waals surface area contributed by atoms with E-state index in [2.05, 4.69) is 4.13 Å². The molecule has 0 aromatic heterocycles. The number of hydrogen-bond donors (Lipinski definition) is 1. The number of benzene rings is 2. The fourth-order valence-electron chi connectivity index (χ4n) is 2.09. The van der Waals surface area contributed by atoms with E-state index in [9.17, 15) is 52.7 Å². The molecule has 0 bridgehead atoms. The van der Waals surface area contributed by atoms with Crippen molar-refractivity contribution in [3.8, 4) is 0 Å². The Balaban J connectivity index is 2.29. The van der Waals surface area contributed by atoms with Crippen LogP contribution in [0, 0.1) is 0 Å². The maximum absolute atomic E-state index is 12.8. The topological polar surface area (TPSA) is 12.0 Å². The van der Waals surface area contributed by atoms with Gasteiger partial charge in [-0.05, 0) is 60.3 Å². The molecule has 15 heteroatoms. The van der Waals surface area contributed by atoms with Crippen molar-refractivity contribution >= 4 is 23.9 Å². The maximum atomic E-state index is 12.8. The summed E-state index contributed by atoms with van der Waals surface area (Å²) in [5.41, 5.74) is -6.52. The highest BCUT2D eigenvalue weighted by atomic mass is 32.2. The van der Waals surface area contributed by atoms with E-state index in [-0.39, 0.29) is 36.0 Å². The van der Waals surface area contributed by atoms with Crippen LogP contribution in [0.5, 0.6) is 0 Å². The predicted molar refractivity (Wildman–Crippen MR) is 87.7 cm³/mol. The largest absolute Gasteiger partial charge is 0.416 e. The molecule has 0 unspecified atom stereocenters. The molecule has 172 valence electrons. The molecule has 0 atom stereocenters. The molecule has 0 saturated carbocycles. The fraction of sp³-hybridized carbons (Fsp3) is 0.250. The molecule has 2 aromatic carbocycles. The van der Waals surface area contributed by atoms with Crippen molar-refractivity contribution in [2.24, 2.45) is 0 Å². The zero-order valence-corrected chi connectivity index (χ0v) is 15.9. The van der Waals surface area contributed by atoms with Gasteiger partial charge in [0.15, 0.2) is 0 Å². The quantitative estimate of drug-likeness (QED) is 0.334. The van der Waals surface area contributed by atoms with E-state index in [4.69, 9.17) is 0 Å². The average Bonchev–Trinajstić information content (AvgIpc) is 2.58. The average molecular weight is 505 g/mol. The summed E-state index contributed by atoms with van der Waals surface area (Å²) >= 11 is 0.306. The molecular weight excluding hydrogens is 498 g/mol. The third kappa shape index (κ3) is 7.14. The molecule has 1 N–H and O–H groups in total. The first-order valence-electron chi connectivity index (χ1n) is 7.55. The summed E-state index contributed by atoms with van der Waals surface area (Å²) in [4.78, 5) is -1.23. The first-order valence-corrected chi connectivity index (χ1v) is 9.18. The molecule has 2 rings (SSSR count). The maximum Gasteiger partial charge on any atom is 0.416 e. The normalized spacial score (nSPS) is 13.5. The summed E-state index contributed by atoms with van der Waals surface area (Å²) in [6.45, 7) is 0. The second-order valence-corrected chi connectivity index (χ2v) is 7.79. The van der Waals surface area contributed by atoms with Gasteiger partial charge in [-0.1, -0.05) is 0 Å². The van der Waals surface area contributed by atoms with Crippen molar-refractivity contribution in [3.63, 3.8) is 0 Å². The highest BCUT2D eigenvalue weighted by Crippen LogP contribution is 2.40. The van der Waals surface area contributed by atoms with Crippen LogP contribution in [-0.2, 0) is 24.7 Å². The van der Waals surface area contributed by atoms with Crippen LogP contribution in [0.3, 0.4) is 0 Å². The van der Waals surface area contributed by atoms with Crippen molar-refractivity contribution in [3.05, 3.63) is 58.7 Å². The molecule has 0 aliphatic rings. The Kier molecular flexibility index (Phi) is 7.12. The van der Waals surface area contributed by atoms with E-state index in [1.807, 2.05) is 0 Å². The Bertz CT molecular complexity index is 788. The summed E-state index contributed by atoms with van der Waals surface area (Å²) in [7, 11) is 0. The van der Waals surface area contributed by atoms with Gasteiger partial charge in [0.2, 0.25) is 0 Å². The standard InChI is InChI=1S/C16H7F12NS2/c17-13(18,19)7-1-8(14(20,21)22)4-11(3-7)30-29-31-12-5-9(15(23,24)25)2-10(6-12)16(26,27)28/h1-6,29H. The fourth-order valence-corrected chi connectivity index (χ4v) is 3.77. The lowest BCUT2D eigenvalue weighted by Crippen LogP contribution is -2.11. The zero-order chi connectivity index (χ0) is 23.8. The van der Waals surface area contributed by atoms with Crippen molar-refractivity contribution in [1.82, 2.24) is 4.13 Å². The number of rotatable bonds is 4. The molecule has 0 radical (unpaired) electrons. The molecule has 0 heterocycles. The molecular formula is C16H7F12NS2. The molecule has 0 saturated heterocycles. The van der Waals surface area contributed by atoms with E-state index in [1.165, 1.54) is 0 Å². The van der Waals surface area contributed by atoms with Gasteiger partial charge in [0.05, 0.1) is 22.3 Å². The summed E-state index contributed by atoms with van der Waals surface area (Å²) in [5.74, 6) is 0. The summed E-state index contributed by atoms with van der Waals surface area (Å²) in [6.07, 6.45) is -20.5. The summed E-state index contributed by atoms with van der Waals surface area (Å²) in [6, 6.07) is 1.14. The van der Waals surface area contributed by atoms with Gasteiger partial charge in [-0.2, -0.15) is 56.8 Å². The van der Waals surface area contributed by atoms with Gasteiger partial charge in [-0.25, -0.2) is 0 Å². The van der Waals surface area contributed by atoms with Gasteiger partial charge in [-0.15, -0.1) is 0 Å². The van der Waals surface area contributed by atoms with Crippen LogP contribution in [0.15, 0.2) is 46.2 Å². The second-order valence-electron chi connectivity index (χ2n) is 5.77. The highest BCUT2D eigenvalue weighted by Gasteiger charge is 2.38. The lowest BCUT2D eigenvalue weighted by molar-refractivity contribution is -0.145. The second kappa shape index (κ2) is 8.65. The monoisotopic (exact) mass is 505 g/mol. The molecule has 0 aliphatic heterocycles.